The molecular weight excluding hydrogens is 358 g/mol. The maximum absolute atomic E-state index is 12.7. The van der Waals surface area contributed by atoms with Gasteiger partial charge >= 0.3 is 0 Å². The lowest BCUT2D eigenvalue weighted by molar-refractivity contribution is -0.881. The fourth-order valence-electron chi connectivity index (χ4n) is 3.29. The molecule has 0 aliphatic heterocycles. The van der Waals surface area contributed by atoms with Crippen molar-refractivity contribution in [1.82, 2.24) is 4.98 Å². The lowest BCUT2D eigenvalue weighted by atomic mass is 10.1. The molecule has 0 aliphatic carbocycles. The van der Waals surface area contributed by atoms with Gasteiger partial charge < -0.3 is 19.9 Å². The predicted octanol–water partition coefficient (Wildman–Crippen LogP) is 1.57. The zero-order valence-electron chi connectivity index (χ0n) is 17.1. The monoisotopic (exact) mass is 386 g/mol. The van der Waals surface area contributed by atoms with Crippen LogP contribution in [0, 0.1) is 13.8 Å². The van der Waals surface area contributed by atoms with Gasteiger partial charge in [-0.2, -0.15) is 0 Å². The van der Waals surface area contributed by atoms with Gasteiger partial charge in [-0.25, -0.2) is 0 Å². The molecule has 1 unspecified atom stereocenters. The third-order valence-electron chi connectivity index (χ3n) is 4.76. The summed E-state index contributed by atoms with van der Waals surface area (Å²) in [7, 11) is 1.58. The van der Waals surface area contributed by atoms with Crippen molar-refractivity contribution >= 4 is 23.2 Å². The molecule has 28 heavy (non-hydrogen) atoms. The fourth-order valence-corrected chi connectivity index (χ4v) is 3.29. The number of hydrogen-bond donors (Lipinski definition) is 3. The van der Waals surface area contributed by atoms with Gasteiger partial charge in [-0.1, -0.05) is 0 Å². The topological polar surface area (TPSA) is 92.7 Å². The van der Waals surface area contributed by atoms with Crippen molar-refractivity contribution in [2.45, 2.75) is 27.7 Å². The van der Waals surface area contributed by atoms with Crippen LogP contribution in [0.15, 0.2) is 24.3 Å². The number of carbonyl (C=O) groups excluding carboxylic acids is 3. The molecule has 0 saturated heterocycles. The molecular formula is C21H28N3O4+. The summed E-state index contributed by atoms with van der Waals surface area (Å²) in [5, 5.41) is 2.83. The van der Waals surface area contributed by atoms with Crippen molar-refractivity contribution in [2.75, 3.05) is 32.1 Å². The van der Waals surface area contributed by atoms with E-state index in [1.54, 1.807) is 45.2 Å². The number of H-pyrrole nitrogens is 1. The number of methoxy groups -OCH3 is 1. The standard InChI is InChI=1S/C21H27N3O4/c1-6-24(12-19(27)23-16-7-9-17(28-5)10-8-16)11-18(26)21-13(2)20(15(4)25)14(3)22-21/h7-10,22H,6,11-12H2,1-5H3,(H,23,27)/p+1. The molecule has 0 bridgehead atoms. The molecule has 0 spiro atoms. The number of nitrogens with one attached hydrogen (secondary N) is 3. The van der Waals surface area contributed by atoms with Crippen LogP contribution in [0.1, 0.15) is 46.0 Å². The van der Waals surface area contributed by atoms with Crippen molar-refractivity contribution in [3.8, 4) is 5.75 Å². The number of aromatic amines is 1. The van der Waals surface area contributed by atoms with E-state index in [1.165, 1.54) is 6.92 Å². The summed E-state index contributed by atoms with van der Waals surface area (Å²) in [5.74, 6) is 0.371. The molecule has 1 aromatic carbocycles. The average molecular weight is 386 g/mol. The van der Waals surface area contributed by atoms with E-state index in [9.17, 15) is 14.4 Å². The van der Waals surface area contributed by atoms with E-state index in [4.69, 9.17) is 4.74 Å². The van der Waals surface area contributed by atoms with Crippen molar-refractivity contribution in [1.29, 1.82) is 0 Å². The van der Waals surface area contributed by atoms with Crippen LogP contribution >= 0.6 is 0 Å². The van der Waals surface area contributed by atoms with Crippen LogP contribution in [0.4, 0.5) is 5.69 Å². The van der Waals surface area contributed by atoms with Crippen molar-refractivity contribution in [2.24, 2.45) is 0 Å². The van der Waals surface area contributed by atoms with Crippen LogP contribution in [0.2, 0.25) is 0 Å². The quantitative estimate of drug-likeness (QED) is 0.571. The van der Waals surface area contributed by atoms with Gasteiger partial charge in [-0.15, -0.1) is 0 Å². The minimum absolute atomic E-state index is 0.0659. The zero-order valence-corrected chi connectivity index (χ0v) is 17.1. The number of hydrogen-bond acceptors (Lipinski definition) is 4. The summed E-state index contributed by atoms with van der Waals surface area (Å²) >= 11 is 0. The number of rotatable bonds is 9. The second-order valence-corrected chi connectivity index (χ2v) is 6.84. The maximum atomic E-state index is 12.7. The first kappa shape index (κ1) is 21.4. The number of aryl methyl sites for hydroxylation is 1. The summed E-state index contributed by atoms with van der Waals surface area (Å²) in [5.41, 5.74) is 3.06. The van der Waals surface area contributed by atoms with Crippen molar-refractivity contribution in [3.05, 3.63) is 46.8 Å². The predicted molar refractivity (Wildman–Crippen MR) is 107 cm³/mol. The molecule has 1 heterocycles. The molecule has 150 valence electrons. The summed E-state index contributed by atoms with van der Waals surface area (Å²) < 4.78 is 5.10. The molecule has 0 aliphatic rings. The number of Topliss-reactive ketones (excluding diaryl/α,β-unsaturated/α-hetero) is 2. The highest BCUT2D eigenvalue weighted by molar-refractivity contribution is 6.03. The number of ether oxygens (including phenoxy) is 1. The van der Waals surface area contributed by atoms with Crippen LogP contribution in [0.25, 0.3) is 0 Å². The van der Waals surface area contributed by atoms with E-state index in [0.717, 1.165) is 4.90 Å². The highest BCUT2D eigenvalue weighted by atomic mass is 16.5. The highest BCUT2D eigenvalue weighted by Crippen LogP contribution is 2.18. The second-order valence-electron chi connectivity index (χ2n) is 6.84. The van der Waals surface area contributed by atoms with Gasteiger partial charge in [0.05, 0.1) is 19.3 Å². The summed E-state index contributed by atoms with van der Waals surface area (Å²) in [6.45, 7) is 7.95. The number of anilines is 1. The average Bonchev–Trinajstić information content (AvgIpc) is 2.96. The number of amides is 1. The lowest BCUT2D eigenvalue weighted by Crippen LogP contribution is -3.13. The SMILES string of the molecule is CC[NH+](CC(=O)Nc1ccc(OC)cc1)CC(=O)c1[nH]c(C)c(C(C)=O)c1C. The molecule has 0 saturated carbocycles. The number of benzene rings is 1. The lowest BCUT2D eigenvalue weighted by Gasteiger charge is -2.16. The Kier molecular flexibility index (Phi) is 7.12. The number of ketones is 2. The molecule has 2 rings (SSSR count). The van der Waals surface area contributed by atoms with Crippen LogP contribution in [0.3, 0.4) is 0 Å². The van der Waals surface area contributed by atoms with Crippen molar-refractivity contribution < 1.29 is 24.0 Å². The number of carbonyl (C=O) groups is 3. The van der Waals surface area contributed by atoms with Gasteiger partial charge in [-0.3, -0.25) is 14.4 Å². The van der Waals surface area contributed by atoms with Gasteiger partial charge in [0.15, 0.2) is 12.3 Å². The molecule has 2 aromatic rings. The van der Waals surface area contributed by atoms with E-state index < -0.39 is 0 Å². The Hall–Kier alpha value is -2.93. The summed E-state index contributed by atoms with van der Waals surface area (Å²) in [4.78, 5) is 40.7. The first-order chi connectivity index (χ1) is 13.3. The third kappa shape index (κ3) is 5.07. The first-order valence-electron chi connectivity index (χ1n) is 9.27. The number of likely N-dealkylation sites (N-methyl/N-ethyl adjacent to an activating group) is 1. The van der Waals surface area contributed by atoms with Crippen LogP contribution in [0.5, 0.6) is 5.75 Å². The van der Waals surface area contributed by atoms with Gasteiger partial charge in [0, 0.05) is 16.9 Å². The van der Waals surface area contributed by atoms with E-state index in [1.807, 2.05) is 6.92 Å². The maximum Gasteiger partial charge on any atom is 0.279 e. The molecule has 0 fully saturated rings. The van der Waals surface area contributed by atoms with Crippen LogP contribution < -0.4 is 15.0 Å². The van der Waals surface area contributed by atoms with Crippen LogP contribution in [-0.2, 0) is 4.79 Å². The Bertz CT molecular complexity index is 869. The Labute approximate surface area is 165 Å². The minimum Gasteiger partial charge on any atom is -0.497 e. The zero-order chi connectivity index (χ0) is 20.8. The van der Waals surface area contributed by atoms with Gasteiger partial charge in [0.1, 0.15) is 12.3 Å². The fraction of sp³-hybridized carbons (Fsp3) is 0.381. The molecule has 7 heteroatoms. The Morgan fingerprint density at radius 3 is 2.25 bits per heavy atom. The molecule has 7 nitrogen and oxygen atoms in total. The molecule has 1 atom stereocenters. The smallest absolute Gasteiger partial charge is 0.279 e. The number of aromatic nitrogens is 1. The van der Waals surface area contributed by atoms with E-state index in [0.29, 0.717) is 40.5 Å². The minimum atomic E-state index is -0.168. The van der Waals surface area contributed by atoms with Gasteiger partial charge in [0.2, 0.25) is 5.78 Å². The Morgan fingerprint density at radius 2 is 1.75 bits per heavy atom. The third-order valence-corrected chi connectivity index (χ3v) is 4.76. The first-order valence-corrected chi connectivity index (χ1v) is 9.27. The van der Waals surface area contributed by atoms with Gasteiger partial charge in [-0.05, 0) is 57.5 Å². The normalized spacial score (nSPS) is 11.8. The second kappa shape index (κ2) is 9.32. The van der Waals surface area contributed by atoms with E-state index in [2.05, 4.69) is 10.3 Å². The summed E-state index contributed by atoms with van der Waals surface area (Å²) in [6.07, 6.45) is 0. The Balaban J connectivity index is 2.01. The highest BCUT2D eigenvalue weighted by Gasteiger charge is 2.24. The van der Waals surface area contributed by atoms with E-state index >= 15 is 0 Å². The number of quaternary nitrogens is 1. The molecule has 0 radical (unpaired) electrons. The molecule has 1 aromatic heterocycles. The molecule has 3 N–H and O–H groups in total. The Morgan fingerprint density at radius 1 is 1.11 bits per heavy atom. The largest absolute Gasteiger partial charge is 0.497 e. The molecule has 1 amide bonds. The summed E-state index contributed by atoms with van der Waals surface area (Å²) in [6, 6.07) is 7.07. The van der Waals surface area contributed by atoms with Crippen LogP contribution in [-0.4, -0.2) is 49.2 Å². The van der Waals surface area contributed by atoms with E-state index in [-0.39, 0.29) is 30.6 Å². The van der Waals surface area contributed by atoms with Gasteiger partial charge in [0.25, 0.3) is 5.91 Å². The van der Waals surface area contributed by atoms with Crippen molar-refractivity contribution in [3.63, 3.8) is 0 Å².